The molecule has 2 aromatic rings. The Morgan fingerprint density at radius 3 is 2.29 bits per heavy atom. The maximum absolute atomic E-state index is 13.6. The standard InChI is InChI=1S/C26H34BrN3O4S/c1-18-9-14-24(19(2)15-18)30(35(4,33)34)17-25(31)29(16-21-10-12-22(27)13-11-21)20(3)26(32)28-23-7-5-6-8-23/h9-15,20,23H,5-8,16-17H2,1-4H3,(H,28,32)/t20-/m1/s1. The molecule has 35 heavy (non-hydrogen) atoms. The molecule has 3 rings (SSSR count). The number of rotatable bonds is 9. The average molecular weight is 565 g/mol. The number of halogens is 1. The lowest BCUT2D eigenvalue weighted by molar-refractivity contribution is -0.139. The van der Waals surface area contributed by atoms with Gasteiger partial charge in [0.15, 0.2) is 0 Å². The molecule has 0 aliphatic heterocycles. The van der Waals surface area contributed by atoms with Gasteiger partial charge in [-0.3, -0.25) is 13.9 Å². The summed E-state index contributed by atoms with van der Waals surface area (Å²) in [5.74, 6) is -0.660. The van der Waals surface area contributed by atoms with Gasteiger partial charge in [0.05, 0.1) is 11.9 Å². The lowest BCUT2D eigenvalue weighted by Crippen LogP contribution is -2.52. The van der Waals surface area contributed by atoms with Crippen LogP contribution >= 0.6 is 15.9 Å². The van der Waals surface area contributed by atoms with Crippen LogP contribution in [0.25, 0.3) is 0 Å². The zero-order chi connectivity index (χ0) is 25.8. The molecule has 1 aliphatic carbocycles. The van der Waals surface area contributed by atoms with Crippen molar-refractivity contribution in [2.24, 2.45) is 0 Å². The Morgan fingerprint density at radius 1 is 1.09 bits per heavy atom. The van der Waals surface area contributed by atoms with Crippen molar-refractivity contribution in [2.45, 2.75) is 65.1 Å². The number of amides is 2. The van der Waals surface area contributed by atoms with Gasteiger partial charge in [0.2, 0.25) is 21.8 Å². The molecular formula is C26H34BrN3O4S. The van der Waals surface area contributed by atoms with Crippen LogP contribution in [0.2, 0.25) is 0 Å². The van der Waals surface area contributed by atoms with Gasteiger partial charge < -0.3 is 10.2 Å². The van der Waals surface area contributed by atoms with Gasteiger partial charge in [-0.1, -0.05) is 58.6 Å². The number of carbonyl (C=O) groups is 2. The molecule has 7 nitrogen and oxygen atoms in total. The van der Waals surface area contributed by atoms with E-state index in [9.17, 15) is 18.0 Å². The third kappa shape index (κ3) is 7.30. The number of nitrogens with zero attached hydrogens (tertiary/aromatic N) is 2. The van der Waals surface area contributed by atoms with Gasteiger partial charge in [0.1, 0.15) is 12.6 Å². The van der Waals surface area contributed by atoms with Crippen molar-refractivity contribution >= 4 is 43.5 Å². The number of aryl methyl sites for hydroxylation is 2. The van der Waals surface area contributed by atoms with E-state index >= 15 is 0 Å². The van der Waals surface area contributed by atoms with E-state index in [4.69, 9.17) is 0 Å². The van der Waals surface area contributed by atoms with Gasteiger partial charge in [0.25, 0.3) is 0 Å². The highest BCUT2D eigenvalue weighted by Gasteiger charge is 2.31. The molecular weight excluding hydrogens is 530 g/mol. The summed E-state index contributed by atoms with van der Waals surface area (Å²) in [6.45, 7) is 5.25. The first kappa shape index (κ1) is 27.2. The van der Waals surface area contributed by atoms with Crippen molar-refractivity contribution in [1.29, 1.82) is 0 Å². The molecule has 0 bridgehead atoms. The Hall–Kier alpha value is -2.39. The second-order valence-electron chi connectivity index (χ2n) is 9.37. The number of benzene rings is 2. The number of hydrogen-bond donors (Lipinski definition) is 1. The van der Waals surface area contributed by atoms with Crippen LogP contribution in [-0.2, 0) is 26.2 Å². The second-order valence-corrected chi connectivity index (χ2v) is 12.2. The first-order valence-electron chi connectivity index (χ1n) is 11.8. The van der Waals surface area contributed by atoms with Crippen molar-refractivity contribution < 1.29 is 18.0 Å². The van der Waals surface area contributed by atoms with E-state index in [0.717, 1.165) is 57.4 Å². The zero-order valence-electron chi connectivity index (χ0n) is 20.8. The first-order chi connectivity index (χ1) is 16.5. The first-order valence-corrected chi connectivity index (χ1v) is 14.5. The van der Waals surface area contributed by atoms with Gasteiger partial charge in [-0.2, -0.15) is 0 Å². The fraction of sp³-hybridized carbons (Fsp3) is 0.462. The molecule has 0 radical (unpaired) electrons. The topological polar surface area (TPSA) is 86.8 Å². The summed E-state index contributed by atoms with van der Waals surface area (Å²) < 4.78 is 27.5. The largest absolute Gasteiger partial charge is 0.352 e. The molecule has 0 heterocycles. The molecule has 1 atom stereocenters. The summed E-state index contributed by atoms with van der Waals surface area (Å²) in [7, 11) is -3.75. The molecule has 1 saturated carbocycles. The highest BCUT2D eigenvalue weighted by Crippen LogP contribution is 2.25. The molecule has 1 N–H and O–H groups in total. The SMILES string of the molecule is Cc1ccc(N(CC(=O)N(Cc2ccc(Br)cc2)[C@H](C)C(=O)NC2CCCC2)S(C)(=O)=O)c(C)c1. The van der Waals surface area contributed by atoms with Crippen LogP contribution in [0.3, 0.4) is 0 Å². The summed E-state index contributed by atoms with van der Waals surface area (Å²) in [4.78, 5) is 28.2. The lowest BCUT2D eigenvalue weighted by atomic mass is 10.1. The average Bonchev–Trinajstić information content (AvgIpc) is 3.29. The normalized spacial score (nSPS) is 15.0. The highest BCUT2D eigenvalue weighted by molar-refractivity contribution is 9.10. The van der Waals surface area contributed by atoms with Crippen molar-refractivity contribution in [3.05, 3.63) is 63.6 Å². The molecule has 0 spiro atoms. The zero-order valence-corrected chi connectivity index (χ0v) is 23.2. The fourth-order valence-corrected chi connectivity index (χ4v) is 5.61. The molecule has 2 amide bonds. The van der Waals surface area contributed by atoms with Gasteiger partial charge >= 0.3 is 0 Å². The molecule has 2 aromatic carbocycles. The molecule has 0 unspecified atom stereocenters. The highest BCUT2D eigenvalue weighted by atomic mass is 79.9. The Morgan fingerprint density at radius 2 is 1.71 bits per heavy atom. The number of carbonyl (C=O) groups excluding carboxylic acids is 2. The molecule has 1 aliphatic rings. The Bertz CT molecular complexity index is 1160. The minimum absolute atomic E-state index is 0.123. The number of anilines is 1. The van der Waals surface area contributed by atoms with Crippen molar-refractivity contribution in [1.82, 2.24) is 10.2 Å². The Kier molecular flexibility index (Phi) is 8.99. The summed E-state index contributed by atoms with van der Waals surface area (Å²) in [6.07, 6.45) is 5.14. The maximum atomic E-state index is 13.6. The summed E-state index contributed by atoms with van der Waals surface area (Å²) in [5.41, 5.74) is 3.06. The molecule has 9 heteroatoms. The Balaban J connectivity index is 1.89. The van der Waals surface area contributed by atoms with E-state index in [0.29, 0.717) is 5.69 Å². The fourth-order valence-electron chi connectivity index (χ4n) is 4.44. The van der Waals surface area contributed by atoms with Gasteiger partial charge in [-0.25, -0.2) is 8.42 Å². The van der Waals surface area contributed by atoms with Gasteiger partial charge in [-0.15, -0.1) is 0 Å². The van der Waals surface area contributed by atoms with E-state index in [1.807, 2.05) is 50.2 Å². The molecule has 1 fully saturated rings. The summed E-state index contributed by atoms with van der Waals surface area (Å²) in [5, 5.41) is 3.07. The van der Waals surface area contributed by atoms with Crippen molar-refractivity contribution in [2.75, 3.05) is 17.1 Å². The van der Waals surface area contributed by atoms with Crippen LogP contribution in [0.15, 0.2) is 46.9 Å². The third-order valence-corrected chi connectivity index (χ3v) is 8.09. The van der Waals surface area contributed by atoms with Gasteiger partial charge in [0, 0.05) is 17.1 Å². The van der Waals surface area contributed by atoms with Crippen LogP contribution in [0.5, 0.6) is 0 Å². The minimum atomic E-state index is -3.75. The van der Waals surface area contributed by atoms with Gasteiger partial charge in [-0.05, 0) is 62.9 Å². The number of sulfonamides is 1. The van der Waals surface area contributed by atoms with Crippen LogP contribution in [-0.4, -0.2) is 50.0 Å². The quantitative estimate of drug-likeness (QED) is 0.492. The Labute approximate surface area is 217 Å². The lowest BCUT2D eigenvalue weighted by Gasteiger charge is -2.32. The summed E-state index contributed by atoms with van der Waals surface area (Å²) >= 11 is 3.42. The number of nitrogens with one attached hydrogen (secondary N) is 1. The molecule has 190 valence electrons. The third-order valence-electron chi connectivity index (χ3n) is 6.44. The van der Waals surface area contributed by atoms with E-state index in [1.54, 1.807) is 13.0 Å². The van der Waals surface area contributed by atoms with E-state index in [1.165, 1.54) is 4.90 Å². The van der Waals surface area contributed by atoms with E-state index in [2.05, 4.69) is 21.2 Å². The maximum Gasteiger partial charge on any atom is 0.244 e. The van der Waals surface area contributed by atoms with Crippen molar-refractivity contribution in [3.8, 4) is 0 Å². The van der Waals surface area contributed by atoms with Crippen LogP contribution in [0.4, 0.5) is 5.69 Å². The minimum Gasteiger partial charge on any atom is -0.352 e. The monoisotopic (exact) mass is 563 g/mol. The predicted molar refractivity (Wildman–Crippen MR) is 143 cm³/mol. The number of hydrogen-bond acceptors (Lipinski definition) is 4. The molecule has 0 aromatic heterocycles. The smallest absolute Gasteiger partial charge is 0.244 e. The summed E-state index contributed by atoms with van der Waals surface area (Å²) in [6, 6.07) is 12.3. The van der Waals surface area contributed by atoms with E-state index in [-0.39, 0.29) is 25.0 Å². The van der Waals surface area contributed by atoms with Crippen LogP contribution in [0, 0.1) is 13.8 Å². The van der Waals surface area contributed by atoms with Crippen LogP contribution in [0.1, 0.15) is 49.3 Å². The second kappa shape index (κ2) is 11.6. The van der Waals surface area contributed by atoms with Crippen LogP contribution < -0.4 is 9.62 Å². The van der Waals surface area contributed by atoms with Crippen molar-refractivity contribution in [3.63, 3.8) is 0 Å². The predicted octanol–water partition coefficient (Wildman–Crippen LogP) is 4.31. The molecule has 0 saturated heterocycles. The van der Waals surface area contributed by atoms with E-state index < -0.39 is 22.0 Å².